The lowest BCUT2D eigenvalue weighted by molar-refractivity contribution is -0.136. The second-order valence-electron chi connectivity index (χ2n) is 8.14. The van der Waals surface area contributed by atoms with Gasteiger partial charge in [0.1, 0.15) is 5.82 Å². The summed E-state index contributed by atoms with van der Waals surface area (Å²) in [4.78, 5) is 23.5. The van der Waals surface area contributed by atoms with Crippen LogP contribution in [0.5, 0.6) is 0 Å². The van der Waals surface area contributed by atoms with Gasteiger partial charge < -0.3 is 20.1 Å². The lowest BCUT2D eigenvalue weighted by atomic mass is 9.98. The van der Waals surface area contributed by atoms with Crippen LogP contribution in [0.2, 0.25) is 0 Å². The first-order valence-corrected chi connectivity index (χ1v) is 11.4. The van der Waals surface area contributed by atoms with E-state index in [1.807, 2.05) is 23.4 Å². The average Bonchev–Trinajstić information content (AvgIpc) is 3.25. The zero-order valence-electron chi connectivity index (χ0n) is 19.1. The van der Waals surface area contributed by atoms with Gasteiger partial charge in [-0.15, -0.1) is 0 Å². The molecule has 0 radical (unpaired) electrons. The number of benzene rings is 1. The monoisotopic (exact) mass is 424 g/mol. The zero-order chi connectivity index (χ0) is 22.1. The van der Waals surface area contributed by atoms with Crippen LogP contribution in [0.1, 0.15) is 50.9 Å². The second-order valence-corrected chi connectivity index (χ2v) is 8.14. The first kappa shape index (κ1) is 22.8. The summed E-state index contributed by atoms with van der Waals surface area (Å²) in [6, 6.07) is 10.7. The molecule has 1 aromatic heterocycles. The fourth-order valence-corrected chi connectivity index (χ4v) is 4.12. The minimum absolute atomic E-state index is 0.165. The second kappa shape index (κ2) is 11.5. The van der Waals surface area contributed by atoms with Crippen molar-refractivity contribution in [3.05, 3.63) is 54.1 Å². The summed E-state index contributed by atoms with van der Waals surface area (Å²) in [7, 11) is 1.79. The van der Waals surface area contributed by atoms with E-state index >= 15 is 0 Å². The Morgan fingerprint density at radius 1 is 1.19 bits per heavy atom. The fraction of sp³-hybridized carbons (Fsp3) is 0.542. The van der Waals surface area contributed by atoms with Crippen molar-refractivity contribution in [3.8, 4) is 0 Å². The predicted octanol–water partition coefficient (Wildman–Crippen LogP) is 3.02. The minimum Gasteiger partial charge on any atom is -0.354 e. The number of nitrogens with zero attached hydrogens (tertiary/aromatic N) is 4. The Hall–Kier alpha value is -2.83. The van der Waals surface area contributed by atoms with E-state index in [1.54, 1.807) is 7.05 Å². The number of nitrogens with one attached hydrogen (secondary N) is 2. The molecule has 7 heteroatoms. The molecule has 0 unspecified atom stereocenters. The molecule has 1 amide bonds. The smallest absolute Gasteiger partial charge is 0.225 e. The van der Waals surface area contributed by atoms with Crippen LogP contribution in [0.3, 0.4) is 0 Å². The van der Waals surface area contributed by atoms with Gasteiger partial charge in [-0.25, -0.2) is 4.98 Å². The number of hydrogen-bond donors (Lipinski definition) is 2. The molecule has 2 N–H and O–H groups in total. The highest BCUT2D eigenvalue weighted by molar-refractivity contribution is 5.80. The van der Waals surface area contributed by atoms with Crippen molar-refractivity contribution in [2.75, 3.05) is 20.1 Å². The molecular formula is C24H36N6O. The topological polar surface area (TPSA) is 74.6 Å². The molecule has 1 aliphatic heterocycles. The molecule has 0 aliphatic carbocycles. The number of imidazole rings is 1. The largest absolute Gasteiger partial charge is 0.354 e. The fourth-order valence-electron chi connectivity index (χ4n) is 4.12. The highest BCUT2D eigenvalue weighted by Crippen LogP contribution is 2.17. The molecular weight excluding hydrogens is 388 g/mol. The Morgan fingerprint density at radius 3 is 2.55 bits per heavy atom. The molecule has 1 fully saturated rings. The number of rotatable bonds is 8. The quantitative estimate of drug-likeness (QED) is 0.505. The summed E-state index contributed by atoms with van der Waals surface area (Å²) >= 11 is 0. The van der Waals surface area contributed by atoms with Crippen molar-refractivity contribution < 1.29 is 4.79 Å². The Bertz CT molecular complexity index is 835. The van der Waals surface area contributed by atoms with Crippen LogP contribution in [-0.2, 0) is 17.9 Å². The highest BCUT2D eigenvalue weighted by Gasteiger charge is 2.26. The van der Waals surface area contributed by atoms with Crippen molar-refractivity contribution in [1.29, 1.82) is 0 Å². The van der Waals surface area contributed by atoms with Gasteiger partial charge in [-0.3, -0.25) is 9.79 Å². The number of piperidine rings is 1. The molecule has 1 aromatic carbocycles. The normalized spacial score (nSPS) is 15.4. The third kappa shape index (κ3) is 6.32. The van der Waals surface area contributed by atoms with Gasteiger partial charge in [0, 0.05) is 51.0 Å². The van der Waals surface area contributed by atoms with Crippen LogP contribution in [0, 0.1) is 5.92 Å². The number of likely N-dealkylation sites (tertiary alicyclic amines) is 1. The molecule has 168 valence electrons. The van der Waals surface area contributed by atoms with Gasteiger partial charge in [0.05, 0.1) is 6.54 Å². The van der Waals surface area contributed by atoms with Crippen LogP contribution < -0.4 is 10.6 Å². The van der Waals surface area contributed by atoms with E-state index in [2.05, 4.69) is 63.3 Å². The van der Waals surface area contributed by atoms with Gasteiger partial charge in [0.2, 0.25) is 5.91 Å². The third-order valence-corrected chi connectivity index (χ3v) is 6.12. The third-order valence-electron chi connectivity index (χ3n) is 6.12. The summed E-state index contributed by atoms with van der Waals surface area (Å²) in [6.45, 7) is 7.22. The molecule has 7 nitrogen and oxygen atoms in total. The highest BCUT2D eigenvalue weighted by atomic mass is 16.2. The zero-order valence-corrected chi connectivity index (χ0v) is 19.1. The maximum absolute atomic E-state index is 12.6. The van der Waals surface area contributed by atoms with Gasteiger partial charge in [0.15, 0.2) is 5.96 Å². The Balaban J connectivity index is 1.47. The van der Waals surface area contributed by atoms with Crippen molar-refractivity contribution >= 4 is 11.9 Å². The molecule has 0 spiro atoms. The lowest BCUT2D eigenvalue weighted by Gasteiger charge is -2.34. The molecule has 1 aliphatic rings. The van der Waals surface area contributed by atoms with Crippen LogP contribution in [0.15, 0.2) is 47.7 Å². The number of guanidine groups is 1. The molecule has 2 heterocycles. The predicted molar refractivity (Wildman–Crippen MR) is 125 cm³/mol. The Labute approximate surface area is 186 Å². The number of carbonyl (C=O) groups is 1. The summed E-state index contributed by atoms with van der Waals surface area (Å²) in [6.07, 6.45) is 7.56. The van der Waals surface area contributed by atoms with Gasteiger partial charge in [0.25, 0.3) is 0 Å². The van der Waals surface area contributed by atoms with Crippen molar-refractivity contribution in [3.63, 3.8) is 0 Å². The van der Waals surface area contributed by atoms with Crippen LogP contribution in [0.4, 0.5) is 0 Å². The molecule has 0 saturated carbocycles. The van der Waals surface area contributed by atoms with E-state index < -0.39 is 0 Å². The minimum atomic E-state index is 0.165. The number of aliphatic imine (C=N–C) groups is 1. The molecule has 0 bridgehead atoms. The van der Waals surface area contributed by atoms with E-state index in [0.717, 1.165) is 57.1 Å². The Morgan fingerprint density at radius 2 is 1.90 bits per heavy atom. The molecule has 1 saturated heterocycles. The van der Waals surface area contributed by atoms with Crippen molar-refractivity contribution in [2.24, 2.45) is 10.9 Å². The molecule has 31 heavy (non-hydrogen) atoms. The lowest BCUT2D eigenvalue weighted by Crippen LogP contribution is -2.50. The standard InChI is InChI=1S/C24H36N6O/c1-4-20(5-2)23(31)29-14-11-21(12-15-29)28-24(25-3)27-17-22-26-13-16-30(22)18-19-9-7-6-8-10-19/h6-10,13,16,20-21H,4-5,11-12,14-15,17-18H2,1-3H3,(H2,25,27,28). The van der Waals surface area contributed by atoms with E-state index in [9.17, 15) is 4.79 Å². The van der Waals surface area contributed by atoms with E-state index in [4.69, 9.17) is 0 Å². The summed E-state index contributed by atoms with van der Waals surface area (Å²) in [5.74, 6) is 2.23. The molecule has 0 atom stereocenters. The average molecular weight is 425 g/mol. The van der Waals surface area contributed by atoms with Crippen LogP contribution in [-0.4, -0.2) is 52.5 Å². The van der Waals surface area contributed by atoms with Crippen molar-refractivity contribution in [2.45, 2.75) is 58.7 Å². The van der Waals surface area contributed by atoms with Crippen LogP contribution in [0.25, 0.3) is 0 Å². The number of hydrogen-bond acceptors (Lipinski definition) is 3. The van der Waals surface area contributed by atoms with Gasteiger partial charge in [-0.05, 0) is 31.2 Å². The number of carbonyl (C=O) groups excluding carboxylic acids is 1. The number of amides is 1. The van der Waals surface area contributed by atoms with Crippen molar-refractivity contribution in [1.82, 2.24) is 25.1 Å². The Kier molecular flexibility index (Phi) is 8.50. The van der Waals surface area contributed by atoms with Gasteiger partial charge >= 0.3 is 0 Å². The summed E-state index contributed by atoms with van der Waals surface area (Å²) in [5.41, 5.74) is 1.25. The number of aromatic nitrogens is 2. The van der Waals surface area contributed by atoms with Crippen LogP contribution >= 0.6 is 0 Å². The van der Waals surface area contributed by atoms with Gasteiger partial charge in [-0.1, -0.05) is 44.2 Å². The van der Waals surface area contributed by atoms with E-state index in [1.165, 1.54) is 5.56 Å². The van der Waals surface area contributed by atoms with E-state index in [0.29, 0.717) is 18.5 Å². The maximum atomic E-state index is 12.6. The summed E-state index contributed by atoms with van der Waals surface area (Å²) in [5, 5.41) is 6.91. The first-order valence-electron chi connectivity index (χ1n) is 11.4. The maximum Gasteiger partial charge on any atom is 0.225 e. The molecule has 3 rings (SSSR count). The van der Waals surface area contributed by atoms with Gasteiger partial charge in [-0.2, -0.15) is 0 Å². The summed E-state index contributed by atoms with van der Waals surface area (Å²) < 4.78 is 2.15. The SMILES string of the molecule is CCC(CC)C(=O)N1CCC(NC(=NC)NCc2nccn2Cc2ccccc2)CC1. The molecule has 2 aromatic rings. The first-order chi connectivity index (χ1) is 15.1. The van der Waals surface area contributed by atoms with E-state index in [-0.39, 0.29) is 5.92 Å².